The van der Waals surface area contributed by atoms with Crippen molar-refractivity contribution in [3.8, 4) is 0 Å². The highest BCUT2D eigenvalue weighted by molar-refractivity contribution is 6.30. The lowest BCUT2D eigenvalue weighted by Crippen LogP contribution is -2.44. The van der Waals surface area contributed by atoms with Gasteiger partial charge in [-0.25, -0.2) is 9.59 Å². The maximum Gasteiger partial charge on any atom is 0.406 e. The van der Waals surface area contributed by atoms with E-state index in [2.05, 4.69) is 10.1 Å². The molecule has 1 aliphatic heterocycles. The van der Waals surface area contributed by atoms with E-state index in [9.17, 15) is 9.59 Å². The van der Waals surface area contributed by atoms with Crippen LogP contribution >= 0.6 is 11.6 Å². The standard InChI is InChI=1S/C17H24ClN3O4/c1-24-17(23)20-7-9-25-15(12-4-2-6-14(18)10-12)13-5-3-8-21(11-13)16(19)22/h2,4,6,10,13,15H,3,5,7-9,11H2,1H3,(H2,19,22)(H,20,23)/t13-,15+/m1/s1. The van der Waals surface area contributed by atoms with Crippen molar-refractivity contribution in [1.29, 1.82) is 0 Å². The molecule has 0 spiro atoms. The van der Waals surface area contributed by atoms with Gasteiger partial charge in [-0.05, 0) is 30.5 Å². The van der Waals surface area contributed by atoms with Crippen LogP contribution in [0.4, 0.5) is 9.59 Å². The second-order valence-electron chi connectivity index (χ2n) is 5.95. The second-order valence-corrected chi connectivity index (χ2v) is 6.39. The van der Waals surface area contributed by atoms with Crippen LogP contribution in [0.25, 0.3) is 0 Å². The summed E-state index contributed by atoms with van der Waals surface area (Å²) in [5.41, 5.74) is 6.37. The van der Waals surface area contributed by atoms with Crippen LogP contribution < -0.4 is 11.1 Å². The molecule has 3 N–H and O–H groups in total. The number of primary amides is 1. The van der Waals surface area contributed by atoms with Gasteiger partial charge < -0.3 is 25.4 Å². The number of ether oxygens (including phenoxy) is 2. The Morgan fingerprint density at radius 1 is 1.48 bits per heavy atom. The zero-order valence-corrected chi connectivity index (χ0v) is 15.0. The molecule has 0 bridgehead atoms. The van der Waals surface area contributed by atoms with Gasteiger partial charge in [0.05, 0.1) is 19.8 Å². The molecule has 2 rings (SSSR count). The molecule has 0 unspecified atom stereocenters. The van der Waals surface area contributed by atoms with Crippen LogP contribution in [0.1, 0.15) is 24.5 Å². The third-order valence-corrected chi connectivity index (χ3v) is 4.46. The van der Waals surface area contributed by atoms with Crippen molar-refractivity contribution in [2.24, 2.45) is 11.7 Å². The minimum Gasteiger partial charge on any atom is -0.453 e. The van der Waals surface area contributed by atoms with Crippen molar-refractivity contribution >= 4 is 23.7 Å². The van der Waals surface area contributed by atoms with Crippen molar-refractivity contribution in [2.45, 2.75) is 18.9 Å². The molecule has 1 aromatic carbocycles. The number of halogens is 1. The highest BCUT2D eigenvalue weighted by Gasteiger charge is 2.30. The molecule has 0 aliphatic carbocycles. The average Bonchev–Trinajstić information content (AvgIpc) is 2.61. The Morgan fingerprint density at radius 2 is 2.28 bits per heavy atom. The SMILES string of the molecule is COC(=O)NCCO[C@@H](c1cccc(Cl)c1)[C@@H]1CCCN(C(N)=O)C1. The molecule has 0 radical (unpaired) electrons. The van der Waals surface area contributed by atoms with Gasteiger partial charge in [0.1, 0.15) is 0 Å². The first-order chi connectivity index (χ1) is 12.0. The van der Waals surface area contributed by atoms with E-state index in [-0.39, 0.29) is 12.0 Å². The van der Waals surface area contributed by atoms with Crippen molar-refractivity contribution < 1.29 is 19.1 Å². The fraction of sp³-hybridized carbons (Fsp3) is 0.529. The number of urea groups is 1. The number of likely N-dealkylation sites (tertiary alicyclic amines) is 1. The molecule has 0 saturated carbocycles. The van der Waals surface area contributed by atoms with Crippen LogP contribution in [0.2, 0.25) is 5.02 Å². The summed E-state index contributed by atoms with van der Waals surface area (Å²) in [5.74, 6) is 0.109. The number of alkyl carbamates (subject to hydrolysis) is 1. The summed E-state index contributed by atoms with van der Waals surface area (Å²) in [4.78, 5) is 24.3. The Morgan fingerprint density at radius 3 is 2.96 bits per heavy atom. The number of methoxy groups -OCH3 is 1. The number of nitrogens with one attached hydrogen (secondary N) is 1. The summed E-state index contributed by atoms with van der Waals surface area (Å²) in [6.45, 7) is 1.85. The summed E-state index contributed by atoms with van der Waals surface area (Å²) in [7, 11) is 1.31. The molecule has 1 fully saturated rings. The van der Waals surface area contributed by atoms with Gasteiger partial charge in [-0.15, -0.1) is 0 Å². The smallest absolute Gasteiger partial charge is 0.406 e. The Bertz CT molecular complexity index is 599. The maximum atomic E-state index is 11.5. The number of hydrogen-bond donors (Lipinski definition) is 2. The molecule has 25 heavy (non-hydrogen) atoms. The molecule has 7 nitrogen and oxygen atoms in total. The van der Waals surface area contributed by atoms with Gasteiger partial charge in [-0.2, -0.15) is 0 Å². The Balaban J connectivity index is 2.06. The number of benzene rings is 1. The lowest BCUT2D eigenvalue weighted by Gasteiger charge is -2.36. The molecular weight excluding hydrogens is 346 g/mol. The normalized spacial score (nSPS) is 18.5. The summed E-state index contributed by atoms with van der Waals surface area (Å²) < 4.78 is 10.6. The van der Waals surface area contributed by atoms with Crippen LogP contribution in [0.15, 0.2) is 24.3 Å². The van der Waals surface area contributed by atoms with Crippen molar-refractivity contribution in [2.75, 3.05) is 33.4 Å². The minimum atomic E-state index is -0.500. The lowest BCUT2D eigenvalue weighted by molar-refractivity contribution is -0.00798. The van der Waals surface area contributed by atoms with Crippen LogP contribution in [0.5, 0.6) is 0 Å². The van der Waals surface area contributed by atoms with Crippen molar-refractivity contribution in [3.63, 3.8) is 0 Å². The van der Waals surface area contributed by atoms with E-state index >= 15 is 0 Å². The van der Waals surface area contributed by atoms with Gasteiger partial charge in [0, 0.05) is 30.6 Å². The van der Waals surface area contributed by atoms with Crippen LogP contribution in [0, 0.1) is 5.92 Å². The monoisotopic (exact) mass is 369 g/mol. The quantitative estimate of drug-likeness (QED) is 0.753. The Hall–Kier alpha value is -1.99. The zero-order valence-electron chi connectivity index (χ0n) is 14.2. The van der Waals surface area contributed by atoms with E-state index in [1.165, 1.54) is 7.11 Å². The van der Waals surface area contributed by atoms with Crippen LogP contribution in [0.3, 0.4) is 0 Å². The first-order valence-electron chi connectivity index (χ1n) is 8.24. The highest BCUT2D eigenvalue weighted by atomic mass is 35.5. The number of amides is 3. The van der Waals surface area contributed by atoms with E-state index in [0.29, 0.717) is 31.3 Å². The first-order valence-corrected chi connectivity index (χ1v) is 8.62. The van der Waals surface area contributed by atoms with E-state index < -0.39 is 12.1 Å². The van der Waals surface area contributed by atoms with Gasteiger partial charge in [-0.1, -0.05) is 23.7 Å². The third-order valence-electron chi connectivity index (χ3n) is 4.23. The van der Waals surface area contributed by atoms with Gasteiger partial charge in [0.15, 0.2) is 0 Å². The molecule has 138 valence electrons. The summed E-state index contributed by atoms with van der Waals surface area (Å²) in [6.07, 6.45) is 1.06. The zero-order chi connectivity index (χ0) is 18.2. The predicted octanol–water partition coefficient (Wildman–Crippen LogP) is 2.54. The molecule has 1 aromatic rings. The molecular formula is C17H24ClN3O4. The van der Waals surface area contributed by atoms with Crippen LogP contribution in [-0.4, -0.2) is 50.4 Å². The molecule has 1 heterocycles. The molecule has 1 saturated heterocycles. The fourth-order valence-electron chi connectivity index (χ4n) is 3.06. The molecule has 1 aliphatic rings. The van der Waals surface area contributed by atoms with Crippen LogP contribution in [-0.2, 0) is 9.47 Å². The molecule has 0 aromatic heterocycles. The van der Waals surface area contributed by atoms with Gasteiger partial charge in [0.25, 0.3) is 0 Å². The number of rotatable bonds is 6. The van der Waals surface area contributed by atoms with E-state index in [0.717, 1.165) is 18.4 Å². The summed E-state index contributed by atoms with van der Waals surface area (Å²) in [6, 6.07) is 7.07. The van der Waals surface area contributed by atoms with Gasteiger partial charge in [-0.3, -0.25) is 0 Å². The fourth-order valence-corrected chi connectivity index (χ4v) is 3.26. The third kappa shape index (κ3) is 5.79. The number of carbonyl (C=O) groups is 2. The molecule has 2 atom stereocenters. The number of nitrogens with zero attached hydrogens (tertiary/aromatic N) is 1. The Kier molecular flexibility index (Phi) is 7.33. The lowest BCUT2D eigenvalue weighted by atomic mass is 9.88. The molecule has 8 heteroatoms. The van der Waals surface area contributed by atoms with E-state index in [4.69, 9.17) is 22.1 Å². The topological polar surface area (TPSA) is 93.9 Å². The van der Waals surface area contributed by atoms with E-state index in [1.807, 2.05) is 18.2 Å². The van der Waals surface area contributed by atoms with E-state index in [1.54, 1.807) is 11.0 Å². The van der Waals surface area contributed by atoms with Crippen molar-refractivity contribution in [1.82, 2.24) is 10.2 Å². The van der Waals surface area contributed by atoms with Gasteiger partial charge in [0.2, 0.25) is 0 Å². The van der Waals surface area contributed by atoms with Gasteiger partial charge >= 0.3 is 12.1 Å². The number of hydrogen-bond acceptors (Lipinski definition) is 4. The average molecular weight is 370 g/mol. The summed E-state index contributed by atoms with van der Waals surface area (Å²) in [5, 5.41) is 3.21. The molecule has 3 amide bonds. The Labute approximate surface area is 152 Å². The highest BCUT2D eigenvalue weighted by Crippen LogP contribution is 2.33. The maximum absolute atomic E-state index is 11.5. The minimum absolute atomic E-state index is 0.109. The van der Waals surface area contributed by atoms with Crippen molar-refractivity contribution in [3.05, 3.63) is 34.9 Å². The summed E-state index contributed by atoms with van der Waals surface area (Å²) >= 11 is 6.12. The number of piperidine rings is 1. The number of nitrogens with two attached hydrogens (primary N) is 1. The second kappa shape index (κ2) is 9.48. The largest absolute Gasteiger partial charge is 0.453 e. The predicted molar refractivity (Wildman–Crippen MR) is 94.4 cm³/mol. The number of carbonyl (C=O) groups excluding carboxylic acids is 2. The first kappa shape index (κ1) is 19.3.